The molecule has 1 aromatic heterocycles. The number of fused-ring (bicyclic) bond motifs is 3. The zero-order valence-electron chi connectivity index (χ0n) is 9.14. The van der Waals surface area contributed by atoms with Gasteiger partial charge in [-0.1, -0.05) is 30.4 Å². The number of likely N-dealkylation sites (N-methyl/N-ethyl adjacent to an activating group) is 1. The molecule has 1 aliphatic heterocycles. The lowest BCUT2D eigenvalue weighted by atomic mass is 10.0. The third-order valence-corrected chi connectivity index (χ3v) is 2.98. The highest BCUT2D eigenvalue weighted by Gasteiger charge is 2.16. The smallest absolute Gasteiger partial charge is 0.148 e. The van der Waals surface area contributed by atoms with Crippen LogP contribution in [0.1, 0.15) is 5.56 Å². The van der Waals surface area contributed by atoms with Crippen LogP contribution >= 0.6 is 0 Å². The fraction of sp³-hybridized carbons (Fsp3) is 0.154. The fourth-order valence-electron chi connectivity index (χ4n) is 2.24. The summed E-state index contributed by atoms with van der Waals surface area (Å²) in [6, 6.07) is 8.10. The van der Waals surface area contributed by atoms with Crippen LogP contribution in [0.2, 0.25) is 0 Å². The maximum Gasteiger partial charge on any atom is 0.148 e. The summed E-state index contributed by atoms with van der Waals surface area (Å²) in [4.78, 5) is 6.57. The average molecular weight is 211 g/mol. The molecule has 0 saturated carbocycles. The Morgan fingerprint density at radius 3 is 3.00 bits per heavy atom. The molecule has 0 atom stereocenters. The summed E-state index contributed by atoms with van der Waals surface area (Å²) >= 11 is 0. The van der Waals surface area contributed by atoms with Crippen LogP contribution < -0.4 is 10.6 Å². The molecule has 1 aromatic carbocycles. The molecule has 16 heavy (non-hydrogen) atoms. The second kappa shape index (κ2) is 3.23. The first-order chi connectivity index (χ1) is 7.77. The maximum absolute atomic E-state index is 6.01. The van der Waals surface area contributed by atoms with Gasteiger partial charge in [0.25, 0.3) is 0 Å². The molecule has 0 spiro atoms. The highest BCUT2D eigenvalue weighted by atomic mass is 15.1. The number of benzene rings is 1. The van der Waals surface area contributed by atoms with Crippen molar-refractivity contribution in [2.45, 2.75) is 0 Å². The van der Waals surface area contributed by atoms with Gasteiger partial charge in [0.2, 0.25) is 0 Å². The summed E-state index contributed by atoms with van der Waals surface area (Å²) in [6.45, 7) is 0.886. The highest BCUT2D eigenvalue weighted by molar-refractivity contribution is 5.98. The van der Waals surface area contributed by atoms with Crippen LogP contribution in [0, 0.1) is 0 Å². The van der Waals surface area contributed by atoms with Crippen LogP contribution in [-0.4, -0.2) is 18.6 Å². The van der Waals surface area contributed by atoms with Gasteiger partial charge in [0, 0.05) is 24.5 Å². The lowest BCUT2D eigenvalue weighted by molar-refractivity contribution is 1.02. The fourth-order valence-corrected chi connectivity index (χ4v) is 2.24. The summed E-state index contributed by atoms with van der Waals surface area (Å²) in [5.74, 6) is 0.612. The Bertz CT molecular complexity index is 587. The Morgan fingerprint density at radius 1 is 1.31 bits per heavy atom. The molecule has 2 heterocycles. The predicted octanol–water partition coefficient (Wildman–Crippen LogP) is 2.28. The van der Waals surface area contributed by atoms with Crippen molar-refractivity contribution in [1.82, 2.24) is 4.98 Å². The van der Waals surface area contributed by atoms with Gasteiger partial charge in [-0.15, -0.1) is 0 Å². The van der Waals surface area contributed by atoms with Gasteiger partial charge in [-0.3, -0.25) is 0 Å². The molecule has 3 rings (SSSR count). The predicted molar refractivity (Wildman–Crippen MR) is 68.5 cm³/mol. The monoisotopic (exact) mass is 211 g/mol. The van der Waals surface area contributed by atoms with Crippen molar-refractivity contribution in [3.05, 3.63) is 35.9 Å². The molecule has 0 bridgehead atoms. The van der Waals surface area contributed by atoms with Crippen LogP contribution in [0.5, 0.6) is 0 Å². The minimum absolute atomic E-state index is 0.612. The zero-order chi connectivity index (χ0) is 11.1. The van der Waals surface area contributed by atoms with E-state index in [1.165, 1.54) is 5.56 Å². The van der Waals surface area contributed by atoms with Crippen LogP contribution in [0.25, 0.3) is 17.0 Å². The van der Waals surface area contributed by atoms with E-state index in [1.807, 2.05) is 25.2 Å². The first-order valence-electron chi connectivity index (χ1n) is 5.33. The van der Waals surface area contributed by atoms with Crippen LogP contribution in [0.15, 0.2) is 30.3 Å². The van der Waals surface area contributed by atoms with Crippen molar-refractivity contribution in [3.63, 3.8) is 0 Å². The molecule has 2 N–H and O–H groups in total. The summed E-state index contributed by atoms with van der Waals surface area (Å²) < 4.78 is 0. The van der Waals surface area contributed by atoms with Crippen molar-refractivity contribution in [2.24, 2.45) is 0 Å². The Morgan fingerprint density at radius 2 is 2.12 bits per heavy atom. The normalized spacial score (nSPS) is 14.2. The van der Waals surface area contributed by atoms with E-state index in [1.54, 1.807) is 0 Å². The van der Waals surface area contributed by atoms with Gasteiger partial charge in [0.1, 0.15) is 5.82 Å². The lowest BCUT2D eigenvalue weighted by Crippen LogP contribution is -2.22. The zero-order valence-corrected chi connectivity index (χ0v) is 9.14. The number of nitrogens with zero attached hydrogens (tertiary/aromatic N) is 2. The van der Waals surface area contributed by atoms with Gasteiger partial charge in [-0.05, 0) is 6.07 Å². The SMILES string of the molecule is CN1CC=Cc2c1c(N)nc1ccccc21. The number of pyridine rings is 1. The van der Waals surface area contributed by atoms with E-state index in [2.05, 4.69) is 28.1 Å². The van der Waals surface area contributed by atoms with Gasteiger partial charge in [0.15, 0.2) is 0 Å². The van der Waals surface area contributed by atoms with Crippen LogP contribution in [0.3, 0.4) is 0 Å². The van der Waals surface area contributed by atoms with Gasteiger partial charge in [0.05, 0.1) is 11.2 Å². The number of hydrogen-bond acceptors (Lipinski definition) is 3. The number of nitrogen functional groups attached to an aromatic ring is 1. The quantitative estimate of drug-likeness (QED) is 0.727. The van der Waals surface area contributed by atoms with Crippen LogP contribution in [0.4, 0.5) is 11.5 Å². The average Bonchev–Trinajstić information content (AvgIpc) is 2.29. The molecular formula is C13H13N3. The van der Waals surface area contributed by atoms with Gasteiger partial charge < -0.3 is 10.6 Å². The Hall–Kier alpha value is -2.03. The van der Waals surface area contributed by atoms with Crippen molar-refractivity contribution < 1.29 is 0 Å². The molecule has 0 saturated heterocycles. The molecule has 0 amide bonds. The second-order valence-electron chi connectivity index (χ2n) is 4.06. The largest absolute Gasteiger partial charge is 0.382 e. The number of para-hydroxylation sites is 1. The van der Waals surface area contributed by atoms with E-state index in [-0.39, 0.29) is 0 Å². The second-order valence-corrected chi connectivity index (χ2v) is 4.06. The first-order valence-corrected chi connectivity index (χ1v) is 5.33. The molecule has 1 aliphatic rings. The summed E-state index contributed by atoms with van der Waals surface area (Å²) in [7, 11) is 2.04. The van der Waals surface area contributed by atoms with E-state index in [9.17, 15) is 0 Å². The third kappa shape index (κ3) is 1.18. The topological polar surface area (TPSA) is 42.1 Å². The van der Waals surface area contributed by atoms with E-state index in [0.717, 1.165) is 23.1 Å². The third-order valence-electron chi connectivity index (χ3n) is 2.98. The molecular weight excluding hydrogens is 198 g/mol. The lowest BCUT2D eigenvalue weighted by Gasteiger charge is -2.25. The van der Waals surface area contributed by atoms with Gasteiger partial charge in [-0.2, -0.15) is 0 Å². The van der Waals surface area contributed by atoms with Gasteiger partial charge >= 0.3 is 0 Å². The highest BCUT2D eigenvalue weighted by Crippen LogP contribution is 2.34. The molecule has 80 valence electrons. The molecule has 0 radical (unpaired) electrons. The first kappa shape index (κ1) is 9.21. The van der Waals surface area contributed by atoms with Crippen molar-refractivity contribution >= 4 is 28.5 Å². The van der Waals surface area contributed by atoms with E-state index >= 15 is 0 Å². The maximum atomic E-state index is 6.01. The number of hydrogen-bond donors (Lipinski definition) is 1. The number of aromatic nitrogens is 1. The van der Waals surface area contributed by atoms with Crippen molar-refractivity contribution in [3.8, 4) is 0 Å². The van der Waals surface area contributed by atoms with Crippen molar-refractivity contribution in [1.29, 1.82) is 0 Å². The van der Waals surface area contributed by atoms with Crippen molar-refractivity contribution in [2.75, 3.05) is 24.2 Å². The Balaban J connectivity index is 2.45. The van der Waals surface area contributed by atoms with Gasteiger partial charge in [-0.25, -0.2) is 4.98 Å². The summed E-state index contributed by atoms with van der Waals surface area (Å²) in [5, 5.41) is 1.16. The Labute approximate surface area is 94.2 Å². The molecule has 3 heteroatoms. The molecule has 0 unspecified atom stereocenters. The summed E-state index contributed by atoms with van der Waals surface area (Å²) in [5.41, 5.74) is 9.19. The minimum Gasteiger partial charge on any atom is -0.382 e. The standard InChI is InChI=1S/C13H13N3/c1-16-8-4-6-10-9-5-2-3-7-11(9)15-13(14)12(10)16/h2-7H,8H2,1H3,(H2,14,15). The molecule has 0 fully saturated rings. The minimum atomic E-state index is 0.612. The van der Waals surface area contributed by atoms with E-state index in [0.29, 0.717) is 5.82 Å². The van der Waals surface area contributed by atoms with E-state index in [4.69, 9.17) is 5.73 Å². The Kier molecular flexibility index (Phi) is 1.86. The molecule has 2 aromatic rings. The number of rotatable bonds is 0. The van der Waals surface area contributed by atoms with E-state index < -0.39 is 0 Å². The molecule has 0 aliphatic carbocycles. The molecule has 3 nitrogen and oxygen atoms in total. The number of nitrogens with two attached hydrogens (primary N) is 1. The van der Waals surface area contributed by atoms with Crippen LogP contribution in [-0.2, 0) is 0 Å². The summed E-state index contributed by atoms with van der Waals surface area (Å²) in [6.07, 6.45) is 4.28. The number of anilines is 2.